The van der Waals surface area contributed by atoms with E-state index in [1.54, 1.807) is 0 Å². The predicted octanol–water partition coefficient (Wildman–Crippen LogP) is 5.48. The number of hydrogen-bond donors (Lipinski definition) is 0. The molecule has 1 rings (SSSR count). The van der Waals surface area contributed by atoms with Crippen molar-refractivity contribution < 1.29 is 0 Å². The number of benzene rings is 1. The molecule has 0 aliphatic heterocycles. The van der Waals surface area contributed by atoms with E-state index in [-0.39, 0.29) is 0 Å². The molecule has 0 saturated carbocycles. The molecular weight excluding hydrogens is 192 g/mol. The first-order chi connectivity index (χ1) is 7.73. The van der Waals surface area contributed by atoms with Crippen LogP contribution in [0.15, 0.2) is 30.3 Å². The van der Waals surface area contributed by atoms with Crippen molar-refractivity contribution in [2.24, 2.45) is 0 Å². The molecule has 0 spiro atoms. The maximum atomic E-state index is 2.22. The van der Waals surface area contributed by atoms with Gasteiger partial charge in [-0.3, -0.25) is 0 Å². The Labute approximate surface area is 101 Å². The van der Waals surface area contributed by atoms with Crippen molar-refractivity contribution >= 4 is 5.57 Å². The van der Waals surface area contributed by atoms with E-state index in [0.717, 1.165) is 12.8 Å². The molecule has 1 aromatic carbocycles. The normalized spacial score (nSPS) is 10.7. The highest BCUT2D eigenvalue weighted by molar-refractivity contribution is 5.65. The van der Waals surface area contributed by atoms with Gasteiger partial charge in [0.15, 0.2) is 0 Å². The topological polar surface area (TPSA) is 0 Å². The molecule has 0 bridgehead atoms. The van der Waals surface area contributed by atoms with Crippen molar-refractivity contribution in [3.63, 3.8) is 0 Å². The number of aryl methyl sites for hydroxylation is 1. The average molecular weight is 218 g/mol. The first kappa shape index (κ1) is 15.0. The van der Waals surface area contributed by atoms with Crippen LogP contribution in [0.3, 0.4) is 0 Å². The minimum absolute atomic E-state index is 1.11. The van der Waals surface area contributed by atoms with Crippen LogP contribution in [0.1, 0.15) is 58.6 Å². The molecule has 0 aromatic heterocycles. The monoisotopic (exact) mass is 218 g/mol. The van der Waals surface area contributed by atoms with Gasteiger partial charge in [-0.25, -0.2) is 0 Å². The SMILES string of the molecule is C/C=C(\CC)c1ccc(CC)cc1.CCC. The van der Waals surface area contributed by atoms with Crippen LogP contribution in [0, 0.1) is 0 Å². The molecule has 0 fully saturated rings. The average Bonchev–Trinajstić information content (AvgIpc) is 2.32. The van der Waals surface area contributed by atoms with Crippen molar-refractivity contribution in [1.82, 2.24) is 0 Å². The van der Waals surface area contributed by atoms with E-state index >= 15 is 0 Å². The fourth-order valence-electron chi connectivity index (χ4n) is 1.53. The van der Waals surface area contributed by atoms with Crippen molar-refractivity contribution in [2.75, 3.05) is 0 Å². The minimum Gasteiger partial charge on any atom is -0.0839 e. The first-order valence-electron chi connectivity index (χ1n) is 6.47. The zero-order chi connectivity index (χ0) is 12.4. The third-order valence-corrected chi connectivity index (χ3v) is 2.46. The lowest BCUT2D eigenvalue weighted by molar-refractivity contribution is 1.09. The quantitative estimate of drug-likeness (QED) is 0.630. The highest BCUT2D eigenvalue weighted by Crippen LogP contribution is 2.18. The summed E-state index contributed by atoms with van der Waals surface area (Å²) in [5, 5.41) is 0. The summed E-state index contributed by atoms with van der Waals surface area (Å²) >= 11 is 0. The molecule has 0 aliphatic carbocycles. The van der Waals surface area contributed by atoms with Crippen molar-refractivity contribution in [2.45, 2.75) is 53.9 Å². The van der Waals surface area contributed by atoms with Crippen LogP contribution >= 0.6 is 0 Å². The van der Waals surface area contributed by atoms with Crippen LogP contribution in [0.25, 0.3) is 5.57 Å². The zero-order valence-corrected chi connectivity index (χ0v) is 11.5. The van der Waals surface area contributed by atoms with Crippen LogP contribution in [0.4, 0.5) is 0 Å². The van der Waals surface area contributed by atoms with Gasteiger partial charge < -0.3 is 0 Å². The lowest BCUT2D eigenvalue weighted by Gasteiger charge is -2.04. The van der Waals surface area contributed by atoms with Gasteiger partial charge in [-0.1, -0.05) is 64.5 Å². The largest absolute Gasteiger partial charge is 0.0839 e. The molecular formula is C16H26. The van der Waals surface area contributed by atoms with E-state index in [2.05, 4.69) is 65.0 Å². The van der Waals surface area contributed by atoms with E-state index < -0.39 is 0 Å². The molecule has 0 N–H and O–H groups in total. The van der Waals surface area contributed by atoms with Crippen molar-refractivity contribution in [3.05, 3.63) is 41.5 Å². The molecule has 0 nitrogen and oxygen atoms in total. The van der Waals surface area contributed by atoms with Crippen molar-refractivity contribution in [3.8, 4) is 0 Å². The Morgan fingerprint density at radius 3 is 1.81 bits per heavy atom. The maximum Gasteiger partial charge on any atom is -0.0228 e. The van der Waals surface area contributed by atoms with Crippen LogP contribution in [-0.2, 0) is 6.42 Å². The Bertz CT molecular complexity index is 290. The molecule has 1 aromatic rings. The van der Waals surface area contributed by atoms with E-state index in [1.807, 2.05) is 0 Å². The Morgan fingerprint density at radius 2 is 1.50 bits per heavy atom. The van der Waals surface area contributed by atoms with E-state index in [4.69, 9.17) is 0 Å². The number of rotatable bonds is 3. The molecule has 0 heterocycles. The molecule has 0 aliphatic rings. The van der Waals surface area contributed by atoms with Crippen molar-refractivity contribution in [1.29, 1.82) is 0 Å². The first-order valence-corrected chi connectivity index (χ1v) is 6.47. The van der Waals surface area contributed by atoms with Gasteiger partial charge in [0.05, 0.1) is 0 Å². The highest BCUT2D eigenvalue weighted by Gasteiger charge is 1.96. The Balaban J connectivity index is 0.000000673. The lowest BCUT2D eigenvalue weighted by Crippen LogP contribution is -1.84. The Morgan fingerprint density at radius 1 is 1.00 bits per heavy atom. The van der Waals surface area contributed by atoms with Gasteiger partial charge in [-0.2, -0.15) is 0 Å². The van der Waals surface area contributed by atoms with E-state index in [1.165, 1.54) is 23.1 Å². The fraction of sp³-hybridized carbons (Fsp3) is 0.500. The molecule has 0 heteroatoms. The summed E-state index contributed by atoms with van der Waals surface area (Å²) in [7, 11) is 0. The smallest absolute Gasteiger partial charge is 0.0228 e. The molecule has 16 heavy (non-hydrogen) atoms. The van der Waals surface area contributed by atoms with Crippen LogP contribution in [0.5, 0.6) is 0 Å². The fourth-order valence-corrected chi connectivity index (χ4v) is 1.53. The summed E-state index contributed by atoms with van der Waals surface area (Å²) in [6.45, 7) is 10.7. The predicted molar refractivity (Wildman–Crippen MR) is 75.7 cm³/mol. The van der Waals surface area contributed by atoms with Crippen LogP contribution in [0.2, 0.25) is 0 Å². The molecule has 0 saturated heterocycles. The van der Waals surface area contributed by atoms with E-state index in [9.17, 15) is 0 Å². The summed E-state index contributed by atoms with van der Waals surface area (Å²) in [6.07, 6.45) is 5.68. The summed E-state index contributed by atoms with van der Waals surface area (Å²) in [5.41, 5.74) is 4.21. The zero-order valence-electron chi connectivity index (χ0n) is 11.5. The number of hydrogen-bond acceptors (Lipinski definition) is 0. The third-order valence-electron chi connectivity index (χ3n) is 2.46. The maximum absolute atomic E-state index is 2.22. The Hall–Kier alpha value is -1.04. The standard InChI is InChI=1S/C13H18.C3H8/c1-4-11-7-9-13(10-8-11)12(5-2)6-3;1-3-2/h5,7-10H,4,6H2,1-3H3;3H2,1-2H3/b12-5+;. The van der Waals surface area contributed by atoms with E-state index in [0.29, 0.717) is 0 Å². The van der Waals surface area contributed by atoms with Gasteiger partial charge in [0, 0.05) is 0 Å². The second kappa shape index (κ2) is 9.21. The number of allylic oxidation sites excluding steroid dienone is 2. The van der Waals surface area contributed by atoms with Gasteiger partial charge in [-0.15, -0.1) is 0 Å². The Kier molecular flexibility index (Phi) is 8.61. The van der Waals surface area contributed by atoms with Gasteiger partial charge >= 0.3 is 0 Å². The van der Waals surface area contributed by atoms with Gasteiger partial charge in [0.25, 0.3) is 0 Å². The summed E-state index contributed by atoms with van der Waals surface area (Å²) in [6, 6.07) is 8.87. The summed E-state index contributed by atoms with van der Waals surface area (Å²) in [4.78, 5) is 0. The third kappa shape index (κ3) is 5.16. The molecule has 0 radical (unpaired) electrons. The molecule has 0 unspecified atom stereocenters. The molecule has 0 amide bonds. The lowest BCUT2D eigenvalue weighted by atomic mass is 10.0. The molecule has 0 atom stereocenters. The summed E-state index contributed by atoms with van der Waals surface area (Å²) in [5.74, 6) is 0. The van der Waals surface area contributed by atoms with Gasteiger partial charge in [-0.05, 0) is 36.5 Å². The second-order valence-electron chi connectivity index (χ2n) is 3.93. The van der Waals surface area contributed by atoms with Crippen LogP contribution in [-0.4, -0.2) is 0 Å². The van der Waals surface area contributed by atoms with Crippen LogP contribution < -0.4 is 0 Å². The highest BCUT2D eigenvalue weighted by atomic mass is 14.0. The minimum atomic E-state index is 1.11. The summed E-state index contributed by atoms with van der Waals surface area (Å²) < 4.78 is 0. The molecule has 90 valence electrons. The second-order valence-corrected chi connectivity index (χ2v) is 3.93. The van der Waals surface area contributed by atoms with Gasteiger partial charge in [0.2, 0.25) is 0 Å². The van der Waals surface area contributed by atoms with Gasteiger partial charge in [0.1, 0.15) is 0 Å².